The van der Waals surface area contributed by atoms with Crippen molar-refractivity contribution >= 4 is 33.0 Å². The molecule has 170 valence electrons. The lowest BCUT2D eigenvalue weighted by Gasteiger charge is -2.10. The van der Waals surface area contributed by atoms with Crippen LogP contribution in [0.3, 0.4) is 0 Å². The Kier molecular flexibility index (Phi) is 6.79. The van der Waals surface area contributed by atoms with E-state index in [-0.39, 0.29) is 4.90 Å². The Bertz CT molecular complexity index is 1360. The molecule has 4 aromatic rings. The van der Waals surface area contributed by atoms with E-state index in [4.69, 9.17) is 37.3 Å². The lowest BCUT2D eigenvalue weighted by Crippen LogP contribution is -1.96. The fourth-order valence-electron chi connectivity index (χ4n) is 3.43. The first kappa shape index (κ1) is 23.4. The number of sulfone groups is 1. The normalized spacial score (nSPS) is 11.5. The molecule has 0 saturated heterocycles. The number of ether oxygens (including phenoxy) is 1. The van der Waals surface area contributed by atoms with Crippen LogP contribution in [0.2, 0.25) is 10.0 Å². The number of oxazole rings is 1. The summed E-state index contributed by atoms with van der Waals surface area (Å²) in [6.45, 7) is 2.29. The van der Waals surface area contributed by atoms with Crippen LogP contribution in [0, 0.1) is 0 Å². The van der Waals surface area contributed by atoms with Gasteiger partial charge in [-0.2, -0.15) is 0 Å². The molecule has 0 aliphatic carbocycles. The molecule has 4 rings (SSSR count). The van der Waals surface area contributed by atoms with Gasteiger partial charge in [0.15, 0.2) is 27.2 Å². The van der Waals surface area contributed by atoms with Gasteiger partial charge in [0.2, 0.25) is 0 Å². The lowest BCUT2D eigenvalue weighted by molar-refractivity contribution is 0.340. The SMILES string of the molecule is CCOc1c(Cl)cc(-c2nc(Cc3ccccc3)oc2-c2ccc(S(C)(=O)=O)cc2)cc1Cl. The van der Waals surface area contributed by atoms with Crippen LogP contribution < -0.4 is 4.74 Å². The first-order valence-electron chi connectivity index (χ1n) is 10.2. The van der Waals surface area contributed by atoms with Crippen LogP contribution in [-0.2, 0) is 16.3 Å². The number of benzene rings is 3. The van der Waals surface area contributed by atoms with E-state index in [0.29, 0.717) is 57.3 Å². The van der Waals surface area contributed by atoms with Gasteiger partial charge in [0.25, 0.3) is 0 Å². The standard InChI is InChI=1S/C25H21Cl2NO4S/c1-3-31-25-20(26)14-18(15-21(25)27)23-24(17-9-11-19(12-10-17)33(2,29)30)32-22(28-23)13-16-7-5-4-6-8-16/h4-12,14-15H,3,13H2,1-2H3. The van der Waals surface area contributed by atoms with Crippen LogP contribution >= 0.6 is 23.2 Å². The molecule has 0 unspecified atom stereocenters. The average molecular weight is 502 g/mol. The van der Waals surface area contributed by atoms with Gasteiger partial charge in [-0.05, 0) is 48.9 Å². The highest BCUT2D eigenvalue weighted by Gasteiger charge is 2.20. The molecule has 0 bridgehead atoms. The quantitative estimate of drug-likeness (QED) is 0.281. The molecule has 0 spiro atoms. The van der Waals surface area contributed by atoms with Crippen molar-refractivity contribution in [3.05, 3.63) is 88.2 Å². The number of halogens is 2. The number of rotatable bonds is 7. The minimum absolute atomic E-state index is 0.226. The minimum atomic E-state index is -3.32. The maximum atomic E-state index is 11.9. The van der Waals surface area contributed by atoms with E-state index >= 15 is 0 Å². The average Bonchev–Trinajstić information content (AvgIpc) is 3.20. The Morgan fingerprint density at radius 2 is 1.58 bits per heavy atom. The van der Waals surface area contributed by atoms with Crippen LogP contribution in [-0.4, -0.2) is 26.3 Å². The van der Waals surface area contributed by atoms with Crippen molar-refractivity contribution in [3.8, 4) is 28.3 Å². The molecule has 5 nitrogen and oxygen atoms in total. The summed E-state index contributed by atoms with van der Waals surface area (Å²) in [5, 5.41) is 0.732. The molecular weight excluding hydrogens is 481 g/mol. The van der Waals surface area contributed by atoms with Crippen LogP contribution in [0.4, 0.5) is 0 Å². The van der Waals surface area contributed by atoms with E-state index in [1.54, 1.807) is 36.4 Å². The van der Waals surface area contributed by atoms with Gasteiger partial charge in [0, 0.05) is 23.8 Å². The Morgan fingerprint density at radius 3 is 2.15 bits per heavy atom. The van der Waals surface area contributed by atoms with Crippen molar-refractivity contribution in [2.75, 3.05) is 12.9 Å². The van der Waals surface area contributed by atoms with E-state index in [9.17, 15) is 8.42 Å². The molecule has 8 heteroatoms. The fourth-order valence-corrected chi connectivity index (χ4v) is 4.66. The van der Waals surface area contributed by atoms with Gasteiger partial charge >= 0.3 is 0 Å². The van der Waals surface area contributed by atoms with Gasteiger partial charge in [0.05, 0.1) is 21.5 Å². The smallest absolute Gasteiger partial charge is 0.199 e. The van der Waals surface area contributed by atoms with Gasteiger partial charge in [-0.1, -0.05) is 53.5 Å². The van der Waals surface area contributed by atoms with Crippen molar-refractivity contribution in [1.82, 2.24) is 4.98 Å². The number of hydrogen-bond acceptors (Lipinski definition) is 5. The Labute approximate surface area is 202 Å². The molecule has 0 N–H and O–H groups in total. The Hall–Kier alpha value is -2.80. The summed E-state index contributed by atoms with van der Waals surface area (Å²) in [6.07, 6.45) is 1.66. The van der Waals surface area contributed by atoms with Crippen molar-refractivity contribution in [3.63, 3.8) is 0 Å². The van der Waals surface area contributed by atoms with E-state index in [1.165, 1.54) is 6.26 Å². The summed E-state index contributed by atoms with van der Waals surface area (Å²) in [7, 11) is -3.32. The number of nitrogens with zero attached hydrogens (tertiary/aromatic N) is 1. The molecule has 0 atom stereocenters. The highest BCUT2D eigenvalue weighted by molar-refractivity contribution is 7.90. The van der Waals surface area contributed by atoms with Crippen LogP contribution in [0.1, 0.15) is 18.4 Å². The molecule has 0 radical (unpaired) electrons. The molecule has 0 amide bonds. The van der Waals surface area contributed by atoms with Crippen LogP contribution in [0.25, 0.3) is 22.6 Å². The Morgan fingerprint density at radius 1 is 0.939 bits per heavy atom. The molecule has 1 aromatic heterocycles. The molecule has 1 heterocycles. The largest absolute Gasteiger partial charge is 0.491 e. The summed E-state index contributed by atoms with van der Waals surface area (Å²) in [4.78, 5) is 4.96. The van der Waals surface area contributed by atoms with Gasteiger partial charge in [-0.3, -0.25) is 0 Å². The third kappa shape index (κ3) is 5.24. The zero-order valence-corrected chi connectivity index (χ0v) is 20.3. The third-order valence-electron chi connectivity index (χ3n) is 4.97. The summed E-state index contributed by atoms with van der Waals surface area (Å²) < 4.78 is 35.4. The van der Waals surface area contributed by atoms with Crippen molar-refractivity contribution < 1.29 is 17.6 Å². The highest BCUT2D eigenvalue weighted by atomic mass is 35.5. The molecule has 0 aliphatic heterocycles. The highest BCUT2D eigenvalue weighted by Crippen LogP contribution is 2.40. The topological polar surface area (TPSA) is 69.4 Å². The summed E-state index contributed by atoms with van der Waals surface area (Å²) >= 11 is 12.9. The van der Waals surface area contributed by atoms with Crippen molar-refractivity contribution in [1.29, 1.82) is 0 Å². The molecule has 0 fully saturated rings. The zero-order valence-electron chi connectivity index (χ0n) is 18.0. The second-order valence-electron chi connectivity index (χ2n) is 7.45. The predicted molar refractivity (Wildman–Crippen MR) is 131 cm³/mol. The van der Waals surface area contributed by atoms with Gasteiger partial charge in [-0.15, -0.1) is 0 Å². The van der Waals surface area contributed by atoms with Crippen LogP contribution in [0.5, 0.6) is 5.75 Å². The molecule has 3 aromatic carbocycles. The second kappa shape index (κ2) is 9.59. The molecule has 0 saturated carbocycles. The summed E-state index contributed by atoms with van der Waals surface area (Å²) in [6, 6.07) is 19.8. The van der Waals surface area contributed by atoms with E-state index in [1.807, 2.05) is 37.3 Å². The first-order chi connectivity index (χ1) is 15.8. The Balaban J connectivity index is 1.83. The van der Waals surface area contributed by atoms with E-state index < -0.39 is 9.84 Å². The molecule has 0 aliphatic rings. The molecular formula is C25H21Cl2NO4S. The maximum absolute atomic E-state index is 11.9. The van der Waals surface area contributed by atoms with Gasteiger partial charge in [-0.25, -0.2) is 13.4 Å². The zero-order chi connectivity index (χ0) is 23.6. The van der Waals surface area contributed by atoms with Crippen molar-refractivity contribution in [2.45, 2.75) is 18.2 Å². The van der Waals surface area contributed by atoms with Crippen LogP contribution in [0.15, 0.2) is 76.0 Å². The number of hydrogen-bond donors (Lipinski definition) is 0. The summed E-state index contributed by atoms with van der Waals surface area (Å²) in [5.74, 6) is 1.42. The second-order valence-corrected chi connectivity index (χ2v) is 10.3. The fraction of sp³-hybridized carbons (Fsp3) is 0.160. The van der Waals surface area contributed by atoms with Crippen molar-refractivity contribution in [2.24, 2.45) is 0 Å². The number of aromatic nitrogens is 1. The van der Waals surface area contributed by atoms with Gasteiger partial charge in [0.1, 0.15) is 5.69 Å². The first-order valence-corrected chi connectivity index (χ1v) is 12.9. The predicted octanol–water partition coefficient (Wildman–Crippen LogP) is 6.71. The lowest BCUT2D eigenvalue weighted by atomic mass is 10.1. The molecule has 33 heavy (non-hydrogen) atoms. The van der Waals surface area contributed by atoms with Gasteiger partial charge < -0.3 is 9.15 Å². The monoisotopic (exact) mass is 501 g/mol. The summed E-state index contributed by atoms with van der Waals surface area (Å²) in [5.41, 5.74) is 2.95. The van der Waals surface area contributed by atoms with E-state index in [0.717, 1.165) is 5.56 Å². The van der Waals surface area contributed by atoms with E-state index in [2.05, 4.69) is 0 Å². The maximum Gasteiger partial charge on any atom is 0.199 e. The minimum Gasteiger partial charge on any atom is -0.491 e. The third-order valence-corrected chi connectivity index (χ3v) is 6.66.